The fourth-order valence-corrected chi connectivity index (χ4v) is 2.75. The maximum atomic E-state index is 12.4. The normalized spacial score (nSPS) is 10.9. The minimum absolute atomic E-state index is 0.184. The van der Waals surface area contributed by atoms with Crippen molar-refractivity contribution in [1.29, 1.82) is 0 Å². The average Bonchev–Trinajstić information content (AvgIpc) is 2.66. The Bertz CT molecular complexity index is 902. The fraction of sp³-hybridized carbons (Fsp3) is 0.304. The van der Waals surface area contributed by atoms with E-state index in [9.17, 15) is 9.59 Å². The van der Waals surface area contributed by atoms with E-state index in [1.807, 2.05) is 39.0 Å². The molecule has 29 heavy (non-hydrogen) atoms. The van der Waals surface area contributed by atoms with Crippen molar-refractivity contribution in [1.82, 2.24) is 0 Å². The van der Waals surface area contributed by atoms with Crippen LogP contribution in [-0.2, 0) is 9.59 Å². The SMILES string of the molecule is COc1cc(/C=C/C(=O)Oc2cc(C)ccc2C(C)C)cc(OC)c1OC(C)=O. The van der Waals surface area contributed by atoms with E-state index in [1.54, 1.807) is 18.2 Å². The molecular weight excluding hydrogens is 372 g/mol. The molecule has 2 aromatic rings. The minimum Gasteiger partial charge on any atom is -0.493 e. The molecule has 0 heterocycles. The highest BCUT2D eigenvalue weighted by molar-refractivity contribution is 5.89. The van der Waals surface area contributed by atoms with Crippen LogP contribution in [0, 0.1) is 6.92 Å². The number of esters is 2. The third kappa shape index (κ3) is 5.85. The van der Waals surface area contributed by atoms with Gasteiger partial charge in [-0.1, -0.05) is 26.0 Å². The smallest absolute Gasteiger partial charge is 0.336 e. The Morgan fingerprint density at radius 1 is 0.931 bits per heavy atom. The lowest BCUT2D eigenvalue weighted by Crippen LogP contribution is -2.07. The summed E-state index contributed by atoms with van der Waals surface area (Å²) in [6.45, 7) is 7.32. The maximum absolute atomic E-state index is 12.4. The standard InChI is InChI=1S/C23H26O6/c1-14(2)18-9-7-15(3)11-19(18)29-22(25)10-8-17-12-20(26-5)23(28-16(4)24)21(13-17)27-6/h7-14H,1-6H3/b10-8+. The van der Waals surface area contributed by atoms with E-state index in [2.05, 4.69) is 0 Å². The summed E-state index contributed by atoms with van der Waals surface area (Å²) in [6.07, 6.45) is 2.90. The van der Waals surface area contributed by atoms with Crippen LogP contribution in [0.3, 0.4) is 0 Å². The van der Waals surface area contributed by atoms with E-state index in [0.29, 0.717) is 22.8 Å². The molecule has 0 aliphatic carbocycles. The van der Waals surface area contributed by atoms with Crippen molar-refractivity contribution in [2.24, 2.45) is 0 Å². The summed E-state index contributed by atoms with van der Waals surface area (Å²) in [6, 6.07) is 9.08. The molecule has 0 amide bonds. The number of carbonyl (C=O) groups is 2. The van der Waals surface area contributed by atoms with E-state index in [-0.39, 0.29) is 11.7 Å². The number of hydrogen-bond acceptors (Lipinski definition) is 6. The lowest BCUT2D eigenvalue weighted by Gasteiger charge is -2.13. The van der Waals surface area contributed by atoms with Gasteiger partial charge in [0.15, 0.2) is 11.5 Å². The van der Waals surface area contributed by atoms with Gasteiger partial charge in [0, 0.05) is 13.0 Å². The van der Waals surface area contributed by atoms with Gasteiger partial charge in [-0.05, 0) is 53.8 Å². The molecule has 0 atom stereocenters. The molecule has 6 nitrogen and oxygen atoms in total. The number of methoxy groups -OCH3 is 2. The monoisotopic (exact) mass is 398 g/mol. The molecule has 0 fully saturated rings. The highest BCUT2D eigenvalue weighted by Crippen LogP contribution is 2.39. The van der Waals surface area contributed by atoms with Gasteiger partial charge in [-0.3, -0.25) is 4.79 Å². The topological polar surface area (TPSA) is 71.1 Å². The van der Waals surface area contributed by atoms with Gasteiger partial charge in [0.2, 0.25) is 5.75 Å². The van der Waals surface area contributed by atoms with Gasteiger partial charge in [-0.2, -0.15) is 0 Å². The molecule has 0 spiro atoms. The van der Waals surface area contributed by atoms with E-state index >= 15 is 0 Å². The molecule has 0 unspecified atom stereocenters. The number of aryl methyl sites for hydroxylation is 1. The van der Waals surface area contributed by atoms with Crippen LogP contribution in [0.5, 0.6) is 23.0 Å². The lowest BCUT2D eigenvalue weighted by atomic mass is 10.0. The molecule has 0 saturated carbocycles. The van der Waals surface area contributed by atoms with Gasteiger partial charge in [-0.15, -0.1) is 0 Å². The second kappa shape index (κ2) is 9.78. The van der Waals surface area contributed by atoms with Gasteiger partial charge in [0.05, 0.1) is 14.2 Å². The van der Waals surface area contributed by atoms with Crippen molar-refractivity contribution in [2.45, 2.75) is 33.6 Å². The molecular formula is C23H26O6. The number of rotatable bonds is 7. The second-order valence-corrected chi connectivity index (χ2v) is 6.80. The third-order valence-electron chi connectivity index (χ3n) is 4.14. The molecule has 154 valence electrons. The Labute approximate surface area is 171 Å². The van der Waals surface area contributed by atoms with Crippen molar-refractivity contribution in [3.05, 3.63) is 53.1 Å². The van der Waals surface area contributed by atoms with Crippen LogP contribution >= 0.6 is 0 Å². The van der Waals surface area contributed by atoms with Crippen molar-refractivity contribution >= 4 is 18.0 Å². The average molecular weight is 398 g/mol. The van der Waals surface area contributed by atoms with E-state index < -0.39 is 11.9 Å². The number of carbonyl (C=O) groups excluding carboxylic acids is 2. The van der Waals surface area contributed by atoms with Crippen LogP contribution in [0.25, 0.3) is 6.08 Å². The zero-order valence-electron chi connectivity index (χ0n) is 17.6. The molecule has 2 rings (SSSR count). The number of ether oxygens (including phenoxy) is 4. The highest BCUT2D eigenvalue weighted by atomic mass is 16.6. The van der Waals surface area contributed by atoms with E-state index in [0.717, 1.165) is 11.1 Å². The predicted molar refractivity (Wildman–Crippen MR) is 111 cm³/mol. The second-order valence-electron chi connectivity index (χ2n) is 6.80. The first-order valence-corrected chi connectivity index (χ1v) is 9.20. The molecule has 0 radical (unpaired) electrons. The Balaban J connectivity index is 2.26. The third-order valence-corrected chi connectivity index (χ3v) is 4.14. The Morgan fingerprint density at radius 2 is 1.55 bits per heavy atom. The largest absolute Gasteiger partial charge is 0.493 e. The van der Waals surface area contributed by atoms with Crippen LogP contribution in [0.15, 0.2) is 36.4 Å². The first kappa shape index (κ1) is 22.0. The summed E-state index contributed by atoms with van der Waals surface area (Å²) in [4.78, 5) is 23.7. The van der Waals surface area contributed by atoms with Crippen LogP contribution in [0.4, 0.5) is 0 Å². The Kier molecular flexibility index (Phi) is 7.42. The maximum Gasteiger partial charge on any atom is 0.336 e. The van der Waals surface area contributed by atoms with Crippen molar-refractivity contribution < 1.29 is 28.5 Å². The summed E-state index contributed by atoms with van der Waals surface area (Å²) in [5.41, 5.74) is 2.60. The van der Waals surface area contributed by atoms with Gasteiger partial charge >= 0.3 is 11.9 Å². The number of benzene rings is 2. The molecule has 0 aromatic heterocycles. The van der Waals surface area contributed by atoms with Crippen LogP contribution in [0.1, 0.15) is 43.4 Å². The first-order valence-electron chi connectivity index (χ1n) is 9.20. The molecule has 0 N–H and O–H groups in total. The van der Waals surface area contributed by atoms with Gasteiger partial charge in [0.25, 0.3) is 0 Å². The van der Waals surface area contributed by atoms with Gasteiger partial charge < -0.3 is 18.9 Å². The van der Waals surface area contributed by atoms with Gasteiger partial charge in [0.1, 0.15) is 5.75 Å². The summed E-state index contributed by atoms with van der Waals surface area (Å²) >= 11 is 0. The van der Waals surface area contributed by atoms with Crippen molar-refractivity contribution in [3.63, 3.8) is 0 Å². The van der Waals surface area contributed by atoms with E-state index in [1.165, 1.54) is 27.2 Å². The lowest BCUT2D eigenvalue weighted by molar-refractivity contribution is -0.132. The molecule has 0 aliphatic heterocycles. The van der Waals surface area contributed by atoms with Crippen LogP contribution in [0.2, 0.25) is 0 Å². The van der Waals surface area contributed by atoms with Crippen molar-refractivity contribution in [2.75, 3.05) is 14.2 Å². The minimum atomic E-state index is -0.500. The molecule has 0 aliphatic rings. The van der Waals surface area contributed by atoms with Crippen molar-refractivity contribution in [3.8, 4) is 23.0 Å². The van der Waals surface area contributed by atoms with E-state index in [4.69, 9.17) is 18.9 Å². The van der Waals surface area contributed by atoms with Crippen LogP contribution < -0.4 is 18.9 Å². The summed E-state index contributed by atoms with van der Waals surface area (Å²) in [5.74, 6) is 0.595. The molecule has 0 saturated heterocycles. The fourth-order valence-electron chi connectivity index (χ4n) is 2.75. The molecule has 2 aromatic carbocycles. The predicted octanol–water partition coefficient (Wildman–Crippen LogP) is 4.68. The quantitative estimate of drug-likeness (QED) is 0.383. The van der Waals surface area contributed by atoms with Gasteiger partial charge in [-0.25, -0.2) is 4.79 Å². The summed E-state index contributed by atoms with van der Waals surface area (Å²) < 4.78 is 21.3. The zero-order valence-corrected chi connectivity index (χ0v) is 17.6. The highest BCUT2D eigenvalue weighted by Gasteiger charge is 2.16. The Morgan fingerprint density at radius 3 is 2.07 bits per heavy atom. The molecule has 6 heteroatoms. The summed E-state index contributed by atoms with van der Waals surface area (Å²) in [5, 5.41) is 0. The molecule has 0 bridgehead atoms. The Hall–Kier alpha value is -3.28. The van der Waals surface area contributed by atoms with Crippen LogP contribution in [-0.4, -0.2) is 26.2 Å². The number of hydrogen-bond donors (Lipinski definition) is 0. The summed E-state index contributed by atoms with van der Waals surface area (Å²) in [7, 11) is 2.91. The first-order chi connectivity index (χ1) is 13.7. The zero-order chi connectivity index (χ0) is 21.6.